The van der Waals surface area contributed by atoms with Crippen molar-refractivity contribution in [2.75, 3.05) is 4.90 Å². The van der Waals surface area contributed by atoms with E-state index in [9.17, 15) is 0 Å². The van der Waals surface area contributed by atoms with Crippen LogP contribution in [0.3, 0.4) is 0 Å². The highest BCUT2D eigenvalue weighted by Gasteiger charge is 2.21. The van der Waals surface area contributed by atoms with Crippen LogP contribution in [0.5, 0.6) is 0 Å². The first-order chi connectivity index (χ1) is 25.3. The summed E-state index contributed by atoms with van der Waals surface area (Å²) in [6, 6.07) is 68.7. The number of rotatable bonds is 4. The molecule has 1 heteroatoms. The third-order valence-corrected chi connectivity index (χ3v) is 10.4. The summed E-state index contributed by atoms with van der Waals surface area (Å²) in [4.78, 5) is 2.41. The van der Waals surface area contributed by atoms with Gasteiger partial charge in [0.2, 0.25) is 0 Å². The van der Waals surface area contributed by atoms with E-state index in [1.807, 2.05) is 0 Å². The maximum absolute atomic E-state index is 2.41. The normalized spacial score (nSPS) is 12.2. The molecule has 0 aromatic heterocycles. The predicted molar refractivity (Wildman–Crippen MR) is 219 cm³/mol. The number of para-hydroxylation sites is 2. The molecule has 0 unspecified atom stereocenters. The van der Waals surface area contributed by atoms with Crippen molar-refractivity contribution in [3.05, 3.63) is 199 Å². The van der Waals surface area contributed by atoms with E-state index in [0.717, 1.165) is 5.69 Å². The molecule has 9 aromatic rings. The van der Waals surface area contributed by atoms with Crippen LogP contribution in [0.15, 0.2) is 188 Å². The van der Waals surface area contributed by atoms with Crippen LogP contribution in [0.2, 0.25) is 0 Å². The van der Waals surface area contributed by atoms with Crippen molar-refractivity contribution in [3.8, 4) is 33.4 Å². The lowest BCUT2D eigenvalue weighted by atomic mass is 9.88. The summed E-state index contributed by atoms with van der Waals surface area (Å²) in [5, 5.41) is 7.46. The lowest BCUT2D eigenvalue weighted by molar-refractivity contribution is 1.28. The third kappa shape index (κ3) is 5.02. The number of hydrogen-bond donors (Lipinski definition) is 0. The van der Waals surface area contributed by atoms with Crippen LogP contribution in [0.1, 0.15) is 11.1 Å². The second-order valence-electron chi connectivity index (χ2n) is 13.4. The van der Waals surface area contributed by atoms with Gasteiger partial charge in [0.15, 0.2) is 0 Å². The highest BCUT2D eigenvalue weighted by atomic mass is 15.1. The van der Waals surface area contributed by atoms with Crippen LogP contribution in [0, 0.1) is 0 Å². The fraction of sp³-hybridized carbons (Fsp3) is 0. The molecule has 0 fully saturated rings. The second kappa shape index (κ2) is 12.0. The minimum absolute atomic E-state index is 1.14. The van der Waals surface area contributed by atoms with Gasteiger partial charge in [0.25, 0.3) is 0 Å². The molecule has 0 saturated heterocycles. The monoisotopic (exact) mass is 647 g/mol. The Morgan fingerprint density at radius 1 is 0.294 bits per heavy atom. The van der Waals surface area contributed by atoms with E-state index < -0.39 is 0 Å². The van der Waals surface area contributed by atoms with Crippen molar-refractivity contribution in [1.82, 2.24) is 0 Å². The SMILES string of the molecule is C1=Cc2ccccc2N(c2ccc3c(c2)cc(-c2ccccc2)c2cc(-c4cc5ccccc5cc4-c4ccccc4)ccc23)c2ccccc21. The van der Waals surface area contributed by atoms with Crippen molar-refractivity contribution < 1.29 is 0 Å². The molecule has 0 amide bonds. The van der Waals surface area contributed by atoms with Gasteiger partial charge in [-0.1, -0.05) is 152 Å². The van der Waals surface area contributed by atoms with Crippen LogP contribution in [0.4, 0.5) is 17.1 Å². The van der Waals surface area contributed by atoms with Crippen LogP contribution in [0.25, 0.3) is 77.9 Å². The number of hydrogen-bond acceptors (Lipinski definition) is 1. The molecule has 0 atom stereocenters. The lowest BCUT2D eigenvalue weighted by Crippen LogP contribution is -2.11. The van der Waals surface area contributed by atoms with Crippen LogP contribution < -0.4 is 4.90 Å². The summed E-state index contributed by atoms with van der Waals surface area (Å²) in [7, 11) is 0. The average molecular weight is 648 g/mol. The summed E-state index contributed by atoms with van der Waals surface area (Å²) in [6.45, 7) is 0. The molecular formula is C50H33N. The average Bonchev–Trinajstić information content (AvgIpc) is 3.37. The van der Waals surface area contributed by atoms with Crippen molar-refractivity contribution >= 4 is 61.5 Å². The molecular weight excluding hydrogens is 615 g/mol. The standard InChI is InChI=1S/C50H33N/c1-3-13-34(14-4-1)45-30-38-19-7-8-20-39(38)31-47(45)40-25-27-44-43-28-26-42(29-41(43)33-46(48(44)32-40)35-15-5-2-6-16-35)51-49-21-11-9-17-36(49)23-24-37-18-10-12-22-50(37)51/h1-33H. The molecule has 0 N–H and O–H groups in total. The van der Waals surface area contributed by atoms with Gasteiger partial charge in [-0.25, -0.2) is 0 Å². The summed E-state index contributed by atoms with van der Waals surface area (Å²) >= 11 is 0. The molecule has 9 aromatic carbocycles. The Morgan fingerprint density at radius 3 is 1.45 bits per heavy atom. The van der Waals surface area contributed by atoms with Gasteiger partial charge in [-0.3, -0.25) is 0 Å². The van der Waals surface area contributed by atoms with Crippen molar-refractivity contribution in [2.45, 2.75) is 0 Å². The summed E-state index contributed by atoms with van der Waals surface area (Å²) < 4.78 is 0. The first-order valence-corrected chi connectivity index (χ1v) is 17.6. The molecule has 238 valence electrons. The molecule has 0 bridgehead atoms. The molecule has 0 saturated carbocycles. The highest BCUT2D eigenvalue weighted by molar-refractivity contribution is 6.16. The smallest absolute Gasteiger partial charge is 0.0534 e. The van der Waals surface area contributed by atoms with E-state index >= 15 is 0 Å². The number of nitrogens with zero attached hydrogens (tertiary/aromatic N) is 1. The zero-order valence-electron chi connectivity index (χ0n) is 28.0. The number of benzene rings is 9. The van der Waals surface area contributed by atoms with Crippen molar-refractivity contribution in [1.29, 1.82) is 0 Å². The minimum atomic E-state index is 1.14. The minimum Gasteiger partial charge on any atom is -0.309 e. The molecule has 1 heterocycles. The summed E-state index contributed by atoms with van der Waals surface area (Å²) in [6.07, 6.45) is 4.46. The predicted octanol–water partition coefficient (Wildman–Crippen LogP) is 14.1. The van der Waals surface area contributed by atoms with Gasteiger partial charge < -0.3 is 4.90 Å². The number of fused-ring (bicyclic) bond motifs is 6. The van der Waals surface area contributed by atoms with Gasteiger partial charge in [0, 0.05) is 5.69 Å². The van der Waals surface area contributed by atoms with Crippen LogP contribution >= 0.6 is 0 Å². The summed E-state index contributed by atoms with van der Waals surface area (Å²) in [5.41, 5.74) is 13.3. The maximum atomic E-state index is 2.41. The number of anilines is 3. The Balaban J connectivity index is 1.21. The van der Waals surface area contributed by atoms with Gasteiger partial charge in [-0.05, 0) is 125 Å². The Morgan fingerprint density at radius 2 is 0.804 bits per heavy atom. The Hall–Kier alpha value is -6.70. The zero-order chi connectivity index (χ0) is 33.7. The van der Waals surface area contributed by atoms with E-state index in [1.165, 1.54) is 88.2 Å². The van der Waals surface area contributed by atoms with Crippen LogP contribution in [-0.2, 0) is 0 Å². The summed E-state index contributed by atoms with van der Waals surface area (Å²) in [5.74, 6) is 0. The molecule has 0 spiro atoms. The highest BCUT2D eigenvalue weighted by Crippen LogP contribution is 2.45. The van der Waals surface area contributed by atoms with Gasteiger partial charge in [-0.15, -0.1) is 0 Å². The van der Waals surface area contributed by atoms with Gasteiger partial charge in [0.05, 0.1) is 11.4 Å². The van der Waals surface area contributed by atoms with Gasteiger partial charge >= 0.3 is 0 Å². The first-order valence-electron chi connectivity index (χ1n) is 17.6. The fourth-order valence-corrected chi connectivity index (χ4v) is 7.90. The second-order valence-corrected chi connectivity index (χ2v) is 13.4. The van der Waals surface area contributed by atoms with Crippen molar-refractivity contribution in [3.63, 3.8) is 0 Å². The molecule has 1 aliphatic rings. The zero-order valence-corrected chi connectivity index (χ0v) is 28.0. The molecule has 1 nitrogen and oxygen atoms in total. The van der Waals surface area contributed by atoms with E-state index in [0.29, 0.717) is 0 Å². The first kappa shape index (κ1) is 29.2. The van der Waals surface area contributed by atoms with E-state index in [2.05, 4.69) is 205 Å². The molecule has 10 rings (SSSR count). The fourth-order valence-electron chi connectivity index (χ4n) is 7.90. The van der Waals surface area contributed by atoms with E-state index in [1.54, 1.807) is 0 Å². The Labute approximate surface area is 298 Å². The van der Waals surface area contributed by atoms with E-state index in [4.69, 9.17) is 0 Å². The quantitative estimate of drug-likeness (QED) is 0.172. The molecule has 0 aliphatic carbocycles. The molecule has 0 radical (unpaired) electrons. The topological polar surface area (TPSA) is 3.24 Å². The Bertz CT molecular complexity index is 2740. The Kier molecular flexibility index (Phi) is 6.89. The molecule has 1 aliphatic heterocycles. The van der Waals surface area contributed by atoms with Gasteiger partial charge in [0.1, 0.15) is 0 Å². The van der Waals surface area contributed by atoms with Gasteiger partial charge in [-0.2, -0.15) is 0 Å². The van der Waals surface area contributed by atoms with E-state index in [-0.39, 0.29) is 0 Å². The van der Waals surface area contributed by atoms with Crippen molar-refractivity contribution in [2.24, 2.45) is 0 Å². The van der Waals surface area contributed by atoms with Crippen LogP contribution in [-0.4, -0.2) is 0 Å². The molecule has 51 heavy (non-hydrogen) atoms. The third-order valence-electron chi connectivity index (χ3n) is 10.4. The largest absolute Gasteiger partial charge is 0.309 e. The lowest BCUT2D eigenvalue weighted by Gasteiger charge is -2.27. The maximum Gasteiger partial charge on any atom is 0.0534 e.